The van der Waals surface area contributed by atoms with Crippen LogP contribution >= 0.6 is 0 Å². The second-order valence-corrected chi connectivity index (χ2v) is 6.43. The van der Waals surface area contributed by atoms with Crippen LogP contribution in [0.25, 0.3) is 0 Å². The summed E-state index contributed by atoms with van der Waals surface area (Å²) in [5.74, 6) is 0.763. The van der Waals surface area contributed by atoms with Gasteiger partial charge in [-0.15, -0.1) is 0 Å². The molecule has 0 spiro atoms. The number of Topliss-reactive ketones (excluding diaryl/α,β-unsaturated/α-hetero) is 1. The Morgan fingerprint density at radius 2 is 1.89 bits per heavy atom. The predicted molar refractivity (Wildman–Crippen MR) is 72.5 cm³/mol. The van der Waals surface area contributed by atoms with Gasteiger partial charge in [0.15, 0.2) is 0 Å². The van der Waals surface area contributed by atoms with E-state index in [1.54, 1.807) is 0 Å². The van der Waals surface area contributed by atoms with Crippen molar-refractivity contribution in [2.75, 3.05) is 19.6 Å². The van der Waals surface area contributed by atoms with Crippen molar-refractivity contribution in [2.24, 2.45) is 5.92 Å². The quantitative estimate of drug-likeness (QED) is 0.839. The van der Waals surface area contributed by atoms with Crippen molar-refractivity contribution in [1.29, 1.82) is 0 Å². The van der Waals surface area contributed by atoms with Gasteiger partial charge in [-0.25, -0.2) is 0 Å². The minimum atomic E-state index is -0.525. The van der Waals surface area contributed by atoms with Crippen molar-refractivity contribution in [3.63, 3.8) is 0 Å². The number of hydrogen-bond acceptors (Lipinski definition) is 3. The van der Waals surface area contributed by atoms with Gasteiger partial charge in [0, 0.05) is 12.5 Å². The van der Waals surface area contributed by atoms with Crippen LogP contribution in [0.3, 0.4) is 0 Å². The third kappa shape index (κ3) is 4.06. The van der Waals surface area contributed by atoms with Crippen molar-refractivity contribution in [1.82, 2.24) is 4.90 Å². The van der Waals surface area contributed by atoms with Crippen LogP contribution < -0.4 is 0 Å². The number of aliphatic hydroxyl groups is 1. The lowest BCUT2D eigenvalue weighted by Gasteiger charge is -2.25. The first kappa shape index (κ1) is 14.0. The number of hydrogen-bond donors (Lipinski definition) is 1. The van der Waals surface area contributed by atoms with E-state index in [-0.39, 0.29) is 0 Å². The summed E-state index contributed by atoms with van der Waals surface area (Å²) in [6, 6.07) is 0. The minimum Gasteiger partial charge on any atom is -0.390 e. The monoisotopic (exact) mass is 253 g/mol. The minimum absolute atomic E-state index is 0.322. The smallest absolute Gasteiger partial charge is 0.149 e. The zero-order chi connectivity index (χ0) is 13.0. The molecule has 18 heavy (non-hydrogen) atoms. The third-order valence-electron chi connectivity index (χ3n) is 4.60. The molecule has 0 aromatic rings. The molecule has 104 valence electrons. The molecule has 1 aliphatic heterocycles. The van der Waals surface area contributed by atoms with Gasteiger partial charge in [-0.3, -0.25) is 9.69 Å². The van der Waals surface area contributed by atoms with Gasteiger partial charge in [-0.05, 0) is 45.6 Å². The van der Waals surface area contributed by atoms with Crippen molar-refractivity contribution in [3.05, 3.63) is 0 Å². The number of nitrogens with zero attached hydrogens (tertiary/aromatic N) is 1. The Balaban J connectivity index is 1.79. The van der Waals surface area contributed by atoms with Crippen LogP contribution in [0.15, 0.2) is 0 Å². The number of rotatable bonds is 3. The molecule has 1 saturated carbocycles. The first-order valence-corrected chi connectivity index (χ1v) is 7.54. The lowest BCUT2D eigenvalue weighted by Crippen LogP contribution is -2.35. The molecule has 1 aliphatic carbocycles. The molecular weight excluding hydrogens is 226 g/mol. The van der Waals surface area contributed by atoms with Crippen LogP contribution in [-0.2, 0) is 4.79 Å². The highest BCUT2D eigenvalue weighted by Crippen LogP contribution is 2.26. The molecule has 0 amide bonds. The van der Waals surface area contributed by atoms with Gasteiger partial charge < -0.3 is 5.11 Å². The zero-order valence-corrected chi connectivity index (χ0v) is 11.7. The van der Waals surface area contributed by atoms with Gasteiger partial charge in [0.25, 0.3) is 0 Å². The van der Waals surface area contributed by atoms with Crippen LogP contribution in [0.5, 0.6) is 0 Å². The maximum atomic E-state index is 12.2. The van der Waals surface area contributed by atoms with Crippen LogP contribution in [0.4, 0.5) is 0 Å². The van der Waals surface area contributed by atoms with Gasteiger partial charge in [0.05, 0.1) is 12.1 Å². The van der Waals surface area contributed by atoms with Gasteiger partial charge in [0.2, 0.25) is 0 Å². The Kier molecular flexibility index (Phi) is 4.79. The highest BCUT2D eigenvalue weighted by molar-refractivity contribution is 5.83. The van der Waals surface area contributed by atoms with Crippen LogP contribution in [0.2, 0.25) is 0 Å². The largest absolute Gasteiger partial charge is 0.390 e. The Morgan fingerprint density at radius 3 is 2.61 bits per heavy atom. The molecule has 1 heterocycles. The van der Waals surface area contributed by atoms with Crippen molar-refractivity contribution in [2.45, 2.75) is 63.9 Å². The van der Waals surface area contributed by atoms with Gasteiger partial charge in [-0.2, -0.15) is 0 Å². The van der Waals surface area contributed by atoms with E-state index in [2.05, 4.69) is 4.90 Å². The summed E-state index contributed by atoms with van der Waals surface area (Å²) in [7, 11) is 0. The van der Waals surface area contributed by atoms with E-state index in [1.807, 2.05) is 6.92 Å². The molecule has 1 atom stereocenters. The Labute approximate surface area is 111 Å². The van der Waals surface area contributed by atoms with E-state index in [0.29, 0.717) is 18.2 Å². The second kappa shape index (κ2) is 6.16. The Bertz CT molecular complexity index is 282. The predicted octanol–water partition coefficient (Wildman–Crippen LogP) is 2.37. The normalized spacial score (nSPS) is 32.1. The molecule has 0 bridgehead atoms. The molecular formula is C15H27NO2. The fourth-order valence-corrected chi connectivity index (χ4v) is 3.25. The summed E-state index contributed by atoms with van der Waals surface area (Å²) in [4.78, 5) is 14.5. The van der Waals surface area contributed by atoms with E-state index in [0.717, 1.165) is 45.2 Å². The maximum absolute atomic E-state index is 12.2. The molecule has 0 aromatic heterocycles. The molecule has 0 aromatic carbocycles. The summed E-state index contributed by atoms with van der Waals surface area (Å²) >= 11 is 0. The Hall–Kier alpha value is -0.410. The topological polar surface area (TPSA) is 40.5 Å². The molecule has 0 radical (unpaired) electrons. The first-order chi connectivity index (χ1) is 8.57. The van der Waals surface area contributed by atoms with Gasteiger partial charge in [-0.1, -0.05) is 19.3 Å². The average molecular weight is 253 g/mol. The maximum Gasteiger partial charge on any atom is 0.149 e. The fraction of sp³-hybridized carbons (Fsp3) is 0.933. The number of ketones is 1. The fourth-order valence-electron chi connectivity index (χ4n) is 3.25. The SMILES string of the molecule is CC1(O)CCCN(CC(=O)C2CCCCC2)CC1. The lowest BCUT2D eigenvalue weighted by atomic mass is 9.86. The number of carbonyl (C=O) groups excluding carboxylic acids is 1. The highest BCUT2D eigenvalue weighted by atomic mass is 16.3. The first-order valence-electron chi connectivity index (χ1n) is 7.54. The lowest BCUT2D eigenvalue weighted by molar-refractivity contribution is -0.125. The van der Waals surface area contributed by atoms with Gasteiger partial charge in [0.1, 0.15) is 5.78 Å². The molecule has 1 unspecified atom stereocenters. The number of carbonyl (C=O) groups is 1. The van der Waals surface area contributed by atoms with Crippen molar-refractivity contribution in [3.8, 4) is 0 Å². The standard InChI is InChI=1S/C15H27NO2/c1-15(18)8-5-10-16(11-9-15)12-14(17)13-6-3-2-4-7-13/h13,18H,2-12H2,1H3. The molecule has 1 saturated heterocycles. The third-order valence-corrected chi connectivity index (χ3v) is 4.60. The number of likely N-dealkylation sites (tertiary alicyclic amines) is 1. The van der Waals surface area contributed by atoms with Crippen LogP contribution in [0.1, 0.15) is 58.3 Å². The van der Waals surface area contributed by atoms with Crippen LogP contribution in [0, 0.1) is 5.92 Å². The van der Waals surface area contributed by atoms with Crippen molar-refractivity contribution < 1.29 is 9.90 Å². The van der Waals surface area contributed by atoms with E-state index < -0.39 is 5.60 Å². The van der Waals surface area contributed by atoms with Crippen molar-refractivity contribution >= 4 is 5.78 Å². The van der Waals surface area contributed by atoms with E-state index >= 15 is 0 Å². The zero-order valence-electron chi connectivity index (χ0n) is 11.7. The molecule has 2 rings (SSSR count). The molecule has 2 aliphatic rings. The van der Waals surface area contributed by atoms with E-state index in [4.69, 9.17) is 0 Å². The summed E-state index contributed by atoms with van der Waals surface area (Å²) in [5, 5.41) is 10.0. The average Bonchev–Trinajstić information content (AvgIpc) is 2.52. The summed E-state index contributed by atoms with van der Waals surface area (Å²) in [6.45, 7) is 4.36. The second-order valence-electron chi connectivity index (χ2n) is 6.43. The summed E-state index contributed by atoms with van der Waals surface area (Å²) in [6.07, 6.45) is 8.62. The van der Waals surface area contributed by atoms with E-state index in [1.165, 1.54) is 19.3 Å². The summed E-state index contributed by atoms with van der Waals surface area (Å²) in [5.41, 5.74) is -0.525. The molecule has 3 nitrogen and oxygen atoms in total. The van der Waals surface area contributed by atoms with Crippen LogP contribution in [-0.4, -0.2) is 41.0 Å². The highest BCUT2D eigenvalue weighted by Gasteiger charge is 2.27. The molecule has 3 heteroatoms. The molecule has 1 N–H and O–H groups in total. The summed E-state index contributed by atoms with van der Waals surface area (Å²) < 4.78 is 0. The Morgan fingerprint density at radius 1 is 1.17 bits per heavy atom. The van der Waals surface area contributed by atoms with Gasteiger partial charge >= 0.3 is 0 Å². The van der Waals surface area contributed by atoms with E-state index in [9.17, 15) is 9.90 Å². The molecule has 2 fully saturated rings.